The molecule has 4 atom stereocenters. The molecule has 2 aromatic carbocycles. The molecule has 18 nitrogen and oxygen atoms in total. The molecule has 6 aliphatic heterocycles. The lowest BCUT2D eigenvalue weighted by molar-refractivity contribution is -0.0391. The summed E-state index contributed by atoms with van der Waals surface area (Å²) in [5, 5.41) is 33.2. The maximum atomic E-state index is 14.7. The second kappa shape index (κ2) is 18.2. The Morgan fingerprint density at radius 3 is 2.00 bits per heavy atom. The normalized spacial score (nSPS) is 24.4. The van der Waals surface area contributed by atoms with E-state index in [1.165, 1.54) is 30.9 Å². The summed E-state index contributed by atoms with van der Waals surface area (Å²) in [6.07, 6.45) is 3.38. The first kappa shape index (κ1) is 42.6. The monoisotopic (exact) mass is 856 g/mol. The van der Waals surface area contributed by atoms with E-state index in [1.54, 1.807) is 6.07 Å². The van der Waals surface area contributed by atoms with Gasteiger partial charge >= 0.3 is 5.69 Å². The van der Waals surface area contributed by atoms with Crippen LogP contribution in [0.4, 0.5) is 11.4 Å². The number of carbonyl (C=O) groups is 3. The van der Waals surface area contributed by atoms with E-state index < -0.39 is 35.8 Å². The number of amides is 3. The molecule has 0 spiro atoms. The number of benzene rings is 2. The average molecular weight is 857 g/mol. The van der Waals surface area contributed by atoms with Crippen LogP contribution in [0.2, 0.25) is 0 Å². The maximum Gasteiger partial charge on any atom is 0.330 e. The fraction of sp³-hybridized carbons (Fsp3) is 0.614. The molecule has 3 amide bonds. The summed E-state index contributed by atoms with van der Waals surface area (Å²) in [6, 6.07) is 3.72. The largest absolute Gasteiger partial charge is 0.387 e. The van der Waals surface area contributed by atoms with Gasteiger partial charge in [-0.25, -0.2) is 4.79 Å². The summed E-state index contributed by atoms with van der Waals surface area (Å²) < 4.78 is 6.99. The van der Waals surface area contributed by atoms with Gasteiger partial charge in [0.1, 0.15) is 18.3 Å². The lowest BCUT2D eigenvalue weighted by Gasteiger charge is -2.36. The molecule has 4 fully saturated rings. The van der Waals surface area contributed by atoms with E-state index in [4.69, 9.17) is 4.74 Å². The molecule has 9 rings (SSSR count). The fourth-order valence-electron chi connectivity index (χ4n) is 10.2. The number of imide groups is 1. The minimum Gasteiger partial charge on any atom is -0.387 e. The predicted molar refractivity (Wildman–Crippen MR) is 233 cm³/mol. The molecule has 0 aliphatic carbocycles. The van der Waals surface area contributed by atoms with E-state index in [-0.39, 0.29) is 36.4 Å². The Bertz CT molecular complexity index is 2310. The molecule has 18 heteroatoms. The number of ether oxygens (including phenoxy) is 1. The second-order valence-electron chi connectivity index (χ2n) is 17.8. The highest BCUT2D eigenvalue weighted by atomic mass is 16.6. The number of nitrogens with zero attached hydrogens (tertiary/aromatic N) is 6. The molecular formula is C44H60N10O8. The van der Waals surface area contributed by atoms with Gasteiger partial charge in [0, 0.05) is 110 Å². The van der Waals surface area contributed by atoms with Gasteiger partial charge in [-0.05, 0) is 96.8 Å². The van der Waals surface area contributed by atoms with E-state index >= 15 is 0 Å². The van der Waals surface area contributed by atoms with Crippen LogP contribution in [0, 0.1) is 6.92 Å². The smallest absolute Gasteiger partial charge is 0.330 e. The third kappa shape index (κ3) is 8.29. The zero-order chi connectivity index (χ0) is 43.1. The van der Waals surface area contributed by atoms with Crippen LogP contribution in [-0.2, 0) is 11.3 Å². The van der Waals surface area contributed by atoms with E-state index in [0.29, 0.717) is 72.4 Å². The highest BCUT2D eigenvalue weighted by molar-refractivity contribution is 6.31. The average Bonchev–Trinajstić information content (AvgIpc) is 4.11. The van der Waals surface area contributed by atoms with Gasteiger partial charge in [0.05, 0.1) is 11.1 Å². The van der Waals surface area contributed by atoms with Crippen LogP contribution in [0.15, 0.2) is 27.9 Å². The highest BCUT2D eigenvalue weighted by Crippen LogP contribution is 2.44. The molecule has 0 bridgehead atoms. The van der Waals surface area contributed by atoms with Gasteiger partial charge in [-0.1, -0.05) is 0 Å². The van der Waals surface area contributed by atoms with E-state index in [0.717, 1.165) is 93.9 Å². The summed E-state index contributed by atoms with van der Waals surface area (Å²) in [5.74, 6) is -0.860. The van der Waals surface area contributed by atoms with E-state index in [2.05, 4.69) is 35.6 Å². The molecule has 62 heavy (non-hydrogen) atoms. The molecule has 334 valence electrons. The molecular weight excluding hydrogens is 797 g/mol. The van der Waals surface area contributed by atoms with Crippen molar-refractivity contribution in [2.75, 3.05) is 109 Å². The lowest BCUT2D eigenvalue weighted by atomic mass is 9.84. The molecule has 1 aromatic heterocycles. The Morgan fingerprint density at radius 1 is 0.694 bits per heavy atom. The number of likely N-dealkylation sites (tertiary alicyclic amines) is 3. The summed E-state index contributed by atoms with van der Waals surface area (Å²) in [5.41, 5.74) is 2.44. The number of aliphatic hydroxyl groups excluding tert-OH is 2. The number of aromatic amines is 1. The van der Waals surface area contributed by atoms with E-state index in [1.807, 2.05) is 11.0 Å². The van der Waals surface area contributed by atoms with Crippen molar-refractivity contribution in [3.63, 3.8) is 0 Å². The molecule has 6 aliphatic rings. The van der Waals surface area contributed by atoms with Gasteiger partial charge in [-0.2, -0.15) is 0 Å². The number of rotatable bonds is 17. The van der Waals surface area contributed by atoms with Crippen molar-refractivity contribution >= 4 is 39.9 Å². The lowest BCUT2D eigenvalue weighted by Crippen LogP contribution is -2.45. The third-order valence-electron chi connectivity index (χ3n) is 13.7. The van der Waals surface area contributed by atoms with Crippen molar-refractivity contribution in [3.8, 4) is 0 Å². The summed E-state index contributed by atoms with van der Waals surface area (Å²) in [4.78, 5) is 80.9. The zero-order valence-corrected chi connectivity index (χ0v) is 35.6. The van der Waals surface area contributed by atoms with Crippen LogP contribution in [-0.4, -0.2) is 178 Å². The highest BCUT2D eigenvalue weighted by Gasteiger charge is 2.44. The van der Waals surface area contributed by atoms with Gasteiger partial charge in [-0.3, -0.25) is 33.6 Å². The number of aromatic nitrogens is 2. The summed E-state index contributed by atoms with van der Waals surface area (Å²) in [7, 11) is 0. The Morgan fingerprint density at radius 2 is 1.31 bits per heavy atom. The molecule has 3 aromatic rings. The fourth-order valence-corrected chi connectivity index (χ4v) is 10.2. The van der Waals surface area contributed by atoms with Crippen molar-refractivity contribution in [2.24, 2.45) is 0 Å². The molecule has 0 saturated carbocycles. The summed E-state index contributed by atoms with van der Waals surface area (Å²) in [6.45, 7) is 12.4. The Labute approximate surface area is 360 Å². The third-order valence-corrected chi connectivity index (χ3v) is 13.7. The number of aryl methyl sites for hydroxylation is 1. The first-order valence-electron chi connectivity index (χ1n) is 22.6. The second-order valence-corrected chi connectivity index (χ2v) is 17.8. The van der Waals surface area contributed by atoms with Crippen molar-refractivity contribution in [1.82, 2.24) is 39.4 Å². The number of hydrogen-bond acceptors (Lipinski definition) is 14. The number of carbonyl (C=O) groups excluding carboxylic acids is 3. The quantitative estimate of drug-likeness (QED) is 0.0812. The van der Waals surface area contributed by atoms with Gasteiger partial charge in [-0.15, -0.1) is 0 Å². The minimum atomic E-state index is -1.42. The maximum absolute atomic E-state index is 14.7. The van der Waals surface area contributed by atoms with Crippen LogP contribution in [0.25, 0.3) is 10.8 Å². The van der Waals surface area contributed by atoms with Crippen molar-refractivity contribution in [3.05, 3.63) is 67.0 Å². The van der Waals surface area contributed by atoms with Crippen LogP contribution in [0.1, 0.15) is 87.0 Å². The first-order chi connectivity index (χ1) is 30.1. The number of H-pyrrole nitrogens is 1. The van der Waals surface area contributed by atoms with Gasteiger partial charge in [0.2, 0.25) is 0 Å². The molecule has 6 N–H and O–H groups in total. The van der Waals surface area contributed by atoms with Crippen LogP contribution >= 0.6 is 0 Å². The zero-order valence-electron chi connectivity index (χ0n) is 35.6. The van der Waals surface area contributed by atoms with Crippen molar-refractivity contribution in [1.29, 1.82) is 0 Å². The first-order valence-corrected chi connectivity index (χ1v) is 22.6. The number of aliphatic hydroxyl groups is 2. The van der Waals surface area contributed by atoms with E-state index in [9.17, 15) is 34.2 Å². The standard InChI is InChI=1S/C44H60N10O8/c1-27-25-54(44(61)48-39(27)57)43-38(56)37(55)33(62-43)24-45-8-9-46-32-23-28-34-30(26-52(40(28)58)20-18-50-13-4-5-14-50)31(47-10-17-49-11-2-3-12-49)22-29-35(34)36(32)42(60)53(41(29)59)21-19-51-15-6-7-16-51/h22-23,25,33,37-38,43,45-47,55-56H,2-21,24,26H2,1H3,(H,48,57,61)/t33-,37-,38-,43-/m1/s1. The van der Waals surface area contributed by atoms with Crippen molar-refractivity contribution < 1.29 is 29.3 Å². The van der Waals surface area contributed by atoms with Crippen LogP contribution in [0.5, 0.6) is 0 Å². The van der Waals surface area contributed by atoms with Gasteiger partial charge in [0.25, 0.3) is 23.3 Å². The Balaban J connectivity index is 0.994. The Kier molecular flexibility index (Phi) is 12.5. The number of anilines is 2. The SMILES string of the molecule is Cc1cn([C@@H]2O[C@H](CNCCNc3cc4c5c(c(NCCN6CCCC6)cc6c5c3C(=O)N(CCN3CCCC3)C6=O)CN(CCN3CCCC3)C4=O)[C@@H](O)[C@H]2O)c(=O)[nH]c1=O. The van der Waals surface area contributed by atoms with Gasteiger partial charge in [0.15, 0.2) is 6.23 Å². The van der Waals surface area contributed by atoms with Crippen LogP contribution in [0.3, 0.4) is 0 Å². The Hall–Kier alpha value is -4.69. The van der Waals surface area contributed by atoms with Crippen LogP contribution < -0.4 is 27.2 Å². The molecule has 4 saturated heterocycles. The number of hydrogen-bond donors (Lipinski definition) is 6. The molecule has 7 heterocycles. The van der Waals surface area contributed by atoms with Crippen molar-refractivity contribution in [2.45, 2.75) is 76.5 Å². The summed E-state index contributed by atoms with van der Waals surface area (Å²) >= 11 is 0. The number of nitrogens with one attached hydrogen (secondary N) is 4. The topological polar surface area (TPSA) is 208 Å². The molecule has 0 radical (unpaired) electrons. The van der Waals surface area contributed by atoms with Gasteiger partial charge < -0.3 is 50.5 Å². The minimum absolute atomic E-state index is 0.118. The molecule has 0 unspecified atom stereocenters. The predicted octanol–water partition coefficient (Wildman–Crippen LogP) is 0.570.